The molecular weight excluding hydrogens is 440 g/mol. The van der Waals surface area contributed by atoms with Gasteiger partial charge in [0.2, 0.25) is 5.91 Å². The van der Waals surface area contributed by atoms with Crippen molar-refractivity contribution in [2.75, 3.05) is 23.3 Å². The maximum absolute atomic E-state index is 12.7. The number of halogens is 1. The third-order valence-electron chi connectivity index (χ3n) is 5.58. The van der Waals surface area contributed by atoms with Crippen LogP contribution in [0.25, 0.3) is 11.3 Å². The van der Waals surface area contributed by atoms with Gasteiger partial charge in [0.05, 0.1) is 5.69 Å². The second-order valence-corrected chi connectivity index (χ2v) is 8.72. The molecule has 2 aromatic carbocycles. The van der Waals surface area contributed by atoms with Crippen LogP contribution in [0.3, 0.4) is 0 Å². The molecule has 0 atom stereocenters. The van der Waals surface area contributed by atoms with Crippen LogP contribution in [0.2, 0.25) is 0 Å². The van der Waals surface area contributed by atoms with Crippen molar-refractivity contribution >= 4 is 33.3 Å². The second kappa shape index (κ2) is 8.96. The van der Waals surface area contributed by atoms with E-state index in [0.717, 1.165) is 58.7 Å². The monoisotopic (exact) mass is 464 g/mol. The number of aromatic nitrogens is 2. The fourth-order valence-electron chi connectivity index (χ4n) is 3.79. The van der Waals surface area contributed by atoms with E-state index in [4.69, 9.17) is 0 Å². The molecule has 0 spiro atoms. The summed E-state index contributed by atoms with van der Waals surface area (Å²) in [6.07, 6.45) is 1.62. The number of hydrogen-bond donors (Lipinski definition) is 1. The average Bonchev–Trinajstić information content (AvgIpc) is 2.76. The first-order valence-electron chi connectivity index (χ1n) is 10.2. The third kappa shape index (κ3) is 4.70. The van der Waals surface area contributed by atoms with E-state index in [2.05, 4.69) is 55.4 Å². The van der Waals surface area contributed by atoms with Crippen LogP contribution in [0.5, 0.6) is 0 Å². The van der Waals surface area contributed by atoms with Crippen molar-refractivity contribution in [2.24, 2.45) is 5.92 Å². The van der Waals surface area contributed by atoms with E-state index >= 15 is 0 Å². The summed E-state index contributed by atoms with van der Waals surface area (Å²) in [5.74, 6) is 0.982. The number of carbonyl (C=O) groups excluding carboxylic acids is 1. The number of benzene rings is 2. The second-order valence-electron chi connectivity index (χ2n) is 7.86. The average molecular weight is 465 g/mol. The van der Waals surface area contributed by atoms with Gasteiger partial charge in [-0.2, -0.15) is 0 Å². The van der Waals surface area contributed by atoms with Crippen LogP contribution >= 0.6 is 15.9 Å². The lowest BCUT2D eigenvalue weighted by molar-refractivity contribution is -0.120. The van der Waals surface area contributed by atoms with E-state index in [1.807, 2.05) is 49.4 Å². The van der Waals surface area contributed by atoms with Crippen molar-refractivity contribution in [3.05, 3.63) is 70.2 Å². The van der Waals surface area contributed by atoms with E-state index in [0.29, 0.717) is 0 Å². The minimum Gasteiger partial charge on any atom is -0.355 e. The van der Waals surface area contributed by atoms with Crippen molar-refractivity contribution in [1.29, 1.82) is 0 Å². The zero-order chi connectivity index (χ0) is 21.1. The number of nitrogens with one attached hydrogen (secondary N) is 1. The van der Waals surface area contributed by atoms with Crippen molar-refractivity contribution in [2.45, 2.75) is 26.7 Å². The molecule has 1 aromatic heterocycles. The van der Waals surface area contributed by atoms with Gasteiger partial charge in [-0.05, 0) is 68.7 Å². The van der Waals surface area contributed by atoms with Gasteiger partial charge in [0.15, 0.2) is 5.82 Å². The summed E-state index contributed by atoms with van der Waals surface area (Å²) in [5, 5.41) is 11.9. The van der Waals surface area contributed by atoms with Crippen LogP contribution in [0, 0.1) is 19.8 Å². The predicted octanol–water partition coefficient (Wildman–Crippen LogP) is 5.38. The van der Waals surface area contributed by atoms with E-state index in [1.165, 1.54) is 5.56 Å². The number of carbonyl (C=O) groups is 1. The highest BCUT2D eigenvalue weighted by Gasteiger charge is 2.26. The molecule has 0 unspecified atom stereocenters. The first-order valence-corrected chi connectivity index (χ1v) is 11.0. The fourth-order valence-corrected chi connectivity index (χ4v) is 4.04. The number of rotatable bonds is 4. The number of aryl methyl sites for hydroxylation is 2. The number of amides is 1. The molecule has 0 aliphatic carbocycles. The Balaban J connectivity index is 1.34. The Hall–Kier alpha value is -2.73. The number of anilines is 2. The van der Waals surface area contributed by atoms with Gasteiger partial charge in [0.25, 0.3) is 0 Å². The van der Waals surface area contributed by atoms with Gasteiger partial charge in [0.1, 0.15) is 0 Å². The molecule has 0 bridgehead atoms. The smallest absolute Gasteiger partial charge is 0.227 e. The number of piperidine rings is 1. The Morgan fingerprint density at radius 1 is 1.03 bits per heavy atom. The fraction of sp³-hybridized carbons (Fsp3) is 0.292. The summed E-state index contributed by atoms with van der Waals surface area (Å²) in [5.41, 5.74) is 5.11. The normalized spacial score (nSPS) is 14.6. The summed E-state index contributed by atoms with van der Waals surface area (Å²) in [4.78, 5) is 14.9. The summed E-state index contributed by atoms with van der Waals surface area (Å²) in [6.45, 7) is 5.69. The van der Waals surface area contributed by atoms with Gasteiger partial charge in [0, 0.05) is 34.7 Å². The Bertz CT molecular complexity index is 1040. The zero-order valence-corrected chi connectivity index (χ0v) is 18.8. The van der Waals surface area contributed by atoms with Crippen molar-refractivity contribution in [1.82, 2.24) is 10.2 Å². The molecule has 1 amide bonds. The first kappa shape index (κ1) is 20.5. The maximum atomic E-state index is 12.7. The van der Waals surface area contributed by atoms with Crippen molar-refractivity contribution < 1.29 is 4.79 Å². The minimum absolute atomic E-state index is 0.0183. The predicted molar refractivity (Wildman–Crippen MR) is 125 cm³/mol. The van der Waals surface area contributed by atoms with Crippen LogP contribution < -0.4 is 10.2 Å². The lowest BCUT2D eigenvalue weighted by Crippen LogP contribution is -2.38. The molecule has 5 nitrogen and oxygen atoms in total. The molecule has 0 saturated carbocycles. The molecule has 1 aliphatic heterocycles. The van der Waals surface area contributed by atoms with Gasteiger partial charge in [-0.1, -0.05) is 39.7 Å². The molecular formula is C24H25BrN4O. The van der Waals surface area contributed by atoms with Crippen molar-refractivity contribution in [3.63, 3.8) is 0 Å². The lowest BCUT2D eigenvalue weighted by Gasteiger charge is -2.31. The van der Waals surface area contributed by atoms with Gasteiger partial charge >= 0.3 is 0 Å². The molecule has 2 heterocycles. The largest absolute Gasteiger partial charge is 0.355 e. The molecule has 6 heteroatoms. The van der Waals surface area contributed by atoms with E-state index in [9.17, 15) is 4.79 Å². The Morgan fingerprint density at radius 3 is 2.50 bits per heavy atom. The van der Waals surface area contributed by atoms with Gasteiger partial charge in [-0.3, -0.25) is 4.79 Å². The highest BCUT2D eigenvalue weighted by atomic mass is 79.9. The first-order chi connectivity index (χ1) is 14.5. The zero-order valence-electron chi connectivity index (χ0n) is 17.2. The molecule has 1 aliphatic rings. The van der Waals surface area contributed by atoms with E-state index < -0.39 is 0 Å². The quantitative estimate of drug-likeness (QED) is 0.562. The molecule has 1 N–H and O–H groups in total. The molecule has 154 valence electrons. The highest BCUT2D eigenvalue weighted by molar-refractivity contribution is 9.10. The minimum atomic E-state index is 0.0183. The van der Waals surface area contributed by atoms with Crippen LogP contribution in [-0.4, -0.2) is 29.2 Å². The van der Waals surface area contributed by atoms with Crippen LogP contribution in [0.4, 0.5) is 11.5 Å². The summed E-state index contributed by atoms with van der Waals surface area (Å²) in [7, 11) is 0. The Labute approximate surface area is 185 Å². The van der Waals surface area contributed by atoms with E-state index in [-0.39, 0.29) is 11.8 Å². The SMILES string of the molecule is Cc1cccc(-c2ccc(N3CCC(C(=O)Nc4ccc(Br)c(C)c4)CC3)nn2)c1. The maximum Gasteiger partial charge on any atom is 0.227 e. The number of hydrogen-bond acceptors (Lipinski definition) is 4. The molecule has 30 heavy (non-hydrogen) atoms. The molecule has 1 saturated heterocycles. The van der Waals surface area contributed by atoms with Crippen LogP contribution in [0.1, 0.15) is 24.0 Å². The topological polar surface area (TPSA) is 58.1 Å². The van der Waals surface area contributed by atoms with Gasteiger partial charge in [-0.25, -0.2) is 0 Å². The molecule has 4 rings (SSSR count). The van der Waals surface area contributed by atoms with E-state index in [1.54, 1.807) is 0 Å². The van der Waals surface area contributed by atoms with Gasteiger partial charge in [-0.15, -0.1) is 10.2 Å². The standard InChI is InChI=1S/C24H25BrN4O/c1-16-4-3-5-19(14-16)22-8-9-23(28-27-22)29-12-10-18(11-13-29)24(30)26-20-6-7-21(25)17(2)15-20/h3-9,14-15,18H,10-13H2,1-2H3,(H,26,30). The summed E-state index contributed by atoms with van der Waals surface area (Å²) >= 11 is 3.49. The molecule has 3 aromatic rings. The summed E-state index contributed by atoms with van der Waals surface area (Å²) < 4.78 is 1.04. The van der Waals surface area contributed by atoms with Crippen LogP contribution in [-0.2, 0) is 4.79 Å². The van der Waals surface area contributed by atoms with Gasteiger partial charge < -0.3 is 10.2 Å². The Kier molecular flexibility index (Phi) is 6.13. The van der Waals surface area contributed by atoms with Crippen LogP contribution in [0.15, 0.2) is 59.1 Å². The highest BCUT2D eigenvalue weighted by Crippen LogP contribution is 2.26. The third-order valence-corrected chi connectivity index (χ3v) is 6.47. The Morgan fingerprint density at radius 2 is 1.83 bits per heavy atom. The summed E-state index contributed by atoms with van der Waals surface area (Å²) in [6, 6.07) is 18.2. The number of nitrogens with zero attached hydrogens (tertiary/aromatic N) is 3. The molecule has 0 radical (unpaired) electrons. The van der Waals surface area contributed by atoms with Crippen molar-refractivity contribution in [3.8, 4) is 11.3 Å². The molecule has 1 fully saturated rings. The lowest BCUT2D eigenvalue weighted by atomic mass is 9.95.